The first-order valence-corrected chi connectivity index (χ1v) is 8.69. The maximum atomic E-state index is 12.1. The van der Waals surface area contributed by atoms with Crippen molar-refractivity contribution in [1.29, 1.82) is 0 Å². The second-order valence-electron chi connectivity index (χ2n) is 4.97. The van der Waals surface area contributed by atoms with Crippen LogP contribution in [0.25, 0.3) is 0 Å². The molecule has 0 heterocycles. The third kappa shape index (κ3) is 4.20. The zero-order valence-electron chi connectivity index (χ0n) is 10.5. The Labute approximate surface area is 135 Å². The molecule has 1 aromatic rings. The number of amides is 1. The maximum Gasteiger partial charge on any atom is 0.251 e. The van der Waals surface area contributed by atoms with Crippen LogP contribution < -0.4 is 5.32 Å². The minimum Gasteiger partial charge on any atom is -0.352 e. The van der Waals surface area contributed by atoms with Crippen LogP contribution in [0.5, 0.6) is 0 Å². The normalized spacial score (nSPS) is 22.5. The van der Waals surface area contributed by atoms with Gasteiger partial charge in [0.1, 0.15) is 0 Å². The highest BCUT2D eigenvalue weighted by Gasteiger charge is 2.26. The van der Waals surface area contributed by atoms with Crippen molar-refractivity contribution in [3.63, 3.8) is 0 Å². The number of carbonyl (C=O) groups excluding carboxylic acids is 1. The number of alkyl halides is 1. The van der Waals surface area contributed by atoms with E-state index in [4.69, 9.17) is 11.6 Å². The predicted molar refractivity (Wildman–Crippen MR) is 86.1 cm³/mol. The van der Waals surface area contributed by atoms with Crippen molar-refractivity contribution in [2.45, 2.75) is 19.3 Å². The first-order valence-electron chi connectivity index (χ1n) is 6.40. The van der Waals surface area contributed by atoms with Gasteiger partial charge in [0.2, 0.25) is 0 Å². The van der Waals surface area contributed by atoms with Crippen molar-refractivity contribution in [1.82, 2.24) is 5.32 Å². The Bertz CT molecular complexity index is 447. The zero-order chi connectivity index (χ0) is 13.8. The molecule has 2 unspecified atom stereocenters. The lowest BCUT2D eigenvalue weighted by atomic mass is 9.98. The second-order valence-corrected chi connectivity index (χ2v) is 6.97. The molecule has 2 rings (SSSR count). The molecule has 1 fully saturated rings. The van der Waals surface area contributed by atoms with Gasteiger partial charge in [0.05, 0.1) is 0 Å². The first kappa shape index (κ1) is 15.3. The van der Waals surface area contributed by atoms with Crippen LogP contribution in [-0.4, -0.2) is 17.8 Å². The molecule has 1 aliphatic rings. The Balaban J connectivity index is 1.94. The Morgan fingerprint density at radius 3 is 2.74 bits per heavy atom. The summed E-state index contributed by atoms with van der Waals surface area (Å²) in [5, 5.41) is 4.61. The Kier molecular flexibility index (Phi) is 5.72. The van der Waals surface area contributed by atoms with Crippen molar-refractivity contribution in [3.8, 4) is 0 Å². The molecule has 0 radical (unpaired) electrons. The van der Waals surface area contributed by atoms with Gasteiger partial charge in [-0.1, -0.05) is 49.9 Å². The quantitative estimate of drug-likeness (QED) is 0.721. The molecule has 1 N–H and O–H groups in total. The lowest BCUT2D eigenvalue weighted by Gasteiger charge is -2.17. The lowest BCUT2D eigenvalue weighted by Crippen LogP contribution is -2.31. The molecule has 1 aromatic carbocycles. The third-order valence-electron chi connectivity index (χ3n) is 3.66. The highest BCUT2D eigenvalue weighted by molar-refractivity contribution is 9.10. The molecule has 0 spiro atoms. The topological polar surface area (TPSA) is 29.1 Å². The summed E-state index contributed by atoms with van der Waals surface area (Å²) in [7, 11) is 0. The largest absolute Gasteiger partial charge is 0.352 e. The Hall–Kier alpha value is -0.0600. The molecule has 104 valence electrons. The van der Waals surface area contributed by atoms with E-state index in [1.54, 1.807) is 18.2 Å². The van der Waals surface area contributed by atoms with Crippen LogP contribution in [0.3, 0.4) is 0 Å². The second kappa shape index (κ2) is 7.09. The van der Waals surface area contributed by atoms with Gasteiger partial charge in [0.15, 0.2) is 0 Å². The predicted octanol–water partition coefficient (Wildman–Crippen LogP) is 4.64. The standard InChI is InChI=1S/C14H16Br2ClNO/c15-7-9-2-1-3-10(9)8-18-14(19)11-4-12(16)6-13(17)5-11/h4-6,9-10H,1-3,7-8H2,(H,18,19). The number of nitrogens with one attached hydrogen (secondary N) is 1. The molecule has 2 atom stereocenters. The number of halogens is 3. The van der Waals surface area contributed by atoms with Crippen molar-refractivity contribution < 1.29 is 4.79 Å². The molecule has 2 nitrogen and oxygen atoms in total. The Morgan fingerprint density at radius 1 is 1.32 bits per heavy atom. The maximum absolute atomic E-state index is 12.1. The highest BCUT2D eigenvalue weighted by atomic mass is 79.9. The zero-order valence-corrected chi connectivity index (χ0v) is 14.4. The average Bonchev–Trinajstić information content (AvgIpc) is 2.82. The van der Waals surface area contributed by atoms with E-state index in [1.807, 2.05) is 0 Å². The molecule has 0 aromatic heterocycles. The van der Waals surface area contributed by atoms with Crippen molar-refractivity contribution in [2.75, 3.05) is 11.9 Å². The highest BCUT2D eigenvalue weighted by Crippen LogP contribution is 2.32. The smallest absolute Gasteiger partial charge is 0.251 e. The minimum absolute atomic E-state index is 0.0524. The first-order chi connectivity index (χ1) is 9.10. The summed E-state index contributed by atoms with van der Waals surface area (Å²) in [4.78, 5) is 12.1. The Morgan fingerprint density at radius 2 is 2.05 bits per heavy atom. The van der Waals surface area contributed by atoms with Crippen LogP contribution in [-0.2, 0) is 0 Å². The molecule has 1 amide bonds. The van der Waals surface area contributed by atoms with Gasteiger partial charge in [-0.25, -0.2) is 0 Å². The van der Waals surface area contributed by atoms with Crippen LogP contribution in [0.2, 0.25) is 5.02 Å². The van der Waals surface area contributed by atoms with Gasteiger partial charge in [0.25, 0.3) is 5.91 Å². The summed E-state index contributed by atoms with van der Waals surface area (Å²) >= 11 is 12.9. The number of benzene rings is 1. The van der Waals surface area contributed by atoms with E-state index in [9.17, 15) is 4.79 Å². The summed E-state index contributed by atoms with van der Waals surface area (Å²) in [6.45, 7) is 0.749. The van der Waals surface area contributed by atoms with E-state index in [1.165, 1.54) is 19.3 Å². The van der Waals surface area contributed by atoms with Gasteiger partial charge in [-0.2, -0.15) is 0 Å². The number of carbonyl (C=O) groups is 1. The van der Waals surface area contributed by atoms with Gasteiger partial charge in [0, 0.05) is 26.9 Å². The van der Waals surface area contributed by atoms with Gasteiger partial charge in [-0.3, -0.25) is 4.79 Å². The van der Waals surface area contributed by atoms with E-state index in [2.05, 4.69) is 37.2 Å². The summed E-state index contributed by atoms with van der Waals surface area (Å²) in [6.07, 6.45) is 3.73. The summed E-state index contributed by atoms with van der Waals surface area (Å²) < 4.78 is 0.823. The third-order valence-corrected chi connectivity index (χ3v) is 5.17. The molecule has 19 heavy (non-hydrogen) atoms. The van der Waals surface area contributed by atoms with Gasteiger partial charge in [-0.05, 0) is 42.9 Å². The molecular weight excluding hydrogens is 393 g/mol. The van der Waals surface area contributed by atoms with Gasteiger partial charge >= 0.3 is 0 Å². The average molecular weight is 410 g/mol. The van der Waals surface area contributed by atoms with Crippen LogP contribution >= 0.6 is 43.5 Å². The molecule has 1 aliphatic carbocycles. The van der Waals surface area contributed by atoms with E-state index in [0.29, 0.717) is 22.4 Å². The van der Waals surface area contributed by atoms with Crippen molar-refractivity contribution in [3.05, 3.63) is 33.3 Å². The summed E-state index contributed by atoms with van der Waals surface area (Å²) in [5.74, 6) is 1.22. The van der Waals surface area contributed by atoms with E-state index in [-0.39, 0.29) is 5.91 Å². The monoisotopic (exact) mass is 407 g/mol. The van der Waals surface area contributed by atoms with Crippen LogP contribution in [0.1, 0.15) is 29.6 Å². The molecule has 0 saturated heterocycles. The fourth-order valence-corrected chi connectivity index (χ4v) is 4.31. The molecule has 1 saturated carbocycles. The van der Waals surface area contributed by atoms with Crippen molar-refractivity contribution >= 4 is 49.4 Å². The molecule has 0 bridgehead atoms. The van der Waals surface area contributed by atoms with E-state index in [0.717, 1.165) is 16.3 Å². The molecule has 0 aliphatic heterocycles. The number of rotatable bonds is 4. The lowest BCUT2D eigenvalue weighted by molar-refractivity contribution is 0.0944. The van der Waals surface area contributed by atoms with Crippen LogP contribution in [0, 0.1) is 11.8 Å². The number of hydrogen-bond donors (Lipinski definition) is 1. The summed E-state index contributed by atoms with van der Waals surface area (Å²) in [5.41, 5.74) is 0.604. The minimum atomic E-state index is -0.0524. The van der Waals surface area contributed by atoms with Crippen LogP contribution in [0.15, 0.2) is 22.7 Å². The van der Waals surface area contributed by atoms with Gasteiger partial charge < -0.3 is 5.32 Å². The fourth-order valence-electron chi connectivity index (χ4n) is 2.60. The van der Waals surface area contributed by atoms with Gasteiger partial charge in [-0.15, -0.1) is 0 Å². The van der Waals surface area contributed by atoms with E-state index < -0.39 is 0 Å². The summed E-state index contributed by atoms with van der Waals surface area (Å²) in [6, 6.07) is 5.26. The molecular formula is C14H16Br2ClNO. The SMILES string of the molecule is O=C(NCC1CCCC1CBr)c1cc(Cl)cc(Br)c1. The van der Waals surface area contributed by atoms with E-state index >= 15 is 0 Å². The number of hydrogen-bond acceptors (Lipinski definition) is 1. The van der Waals surface area contributed by atoms with Crippen LogP contribution in [0.4, 0.5) is 0 Å². The van der Waals surface area contributed by atoms with Crippen molar-refractivity contribution in [2.24, 2.45) is 11.8 Å². The fraction of sp³-hybridized carbons (Fsp3) is 0.500. The molecule has 5 heteroatoms.